The van der Waals surface area contributed by atoms with Gasteiger partial charge in [0, 0.05) is 50.3 Å². The first-order valence-electron chi connectivity index (χ1n) is 14.1. The number of pyridine rings is 2. The van der Waals surface area contributed by atoms with Gasteiger partial charge in [-0.2, -0.15) is 0 Å². The summed E-state index contributed by atoms with van der Waals surface area (Å²) in [7, 11) is 8.18. The molecule has 6 aromatic rings. The highest BCUT2D eigenvalue weighted by molar-refractivity contribution is 5.82. The Balaban J connectivity index is 0.000000168. The van der Waals surface area contributed by atoms with Crippen LogP contribution < -0.4 is 9.80 Å². The van der Waals surface area contributed by atoms with Gasteiger partial charge >= 0.3 is 0 Å². The standard InChI is InChI=1S/2C19H18N2/c2*1-21(2)18-13-8-15(9-14-18)7-11-17-12-10-16-5-3-4-6-19(16)20-17/h2*3-14H,1-2H3. The average Bonchev–Trinajstić information content (AvgIpc) is 3.03. The molecule has 2 aromatic heterocycles. The topological polar surface area (TPSA) is 32.3 Å². The monoisotopic (exact) mass is 548 g/mol. The van der Waals surface area contributed by atoms with Gasteiger partial charge in [-0.3, -0.25) is 0 Å². The molecule has 0 radical (unpaired) electrons. The second-order valence-corrected chi connectivity index (χ2v) is 10.5. The van der Waals surface area contributed by atoms with Crippen LogP contribution in [0.5, 0.6) is 0 Å². The molecule has 0 spiro atoms. The first-order valence-corrected chi connectivity index (χ1v) is 14.1. The Morgan fingerprint density at radius 1 is 0.405 bits per heavy atom. The van der Waals surface area contributed by atoms with E-state index in [4.69, 9.17) is 0 Å². The van der Waals surface area contributed by atoms with Gasteiger partial charge in [0.1, 0.15) is 0 Å². The highest BCUT2D eigenvalue weighted by Gasteiger charge is 1.98. The molecule has 0 unspecified atom stereocenters. The Kier molecular flexibility index (Phi) is 9.05. The highest BCUT2D eigenvalue weighted by atomic mass is 15.1. The average molecular weight is 549 g/mol. The molecule has 4 heteroatoms. The largest absolute Gasteiger partial charge is 0.378 e. The fraction of sp³-hybridized carbons (Fsp3) is 0.105. The molecular formula is C38H36N4. The van der Waals surface area contributed by atoms with E-state index >= 15 is 0 Å². The number of hydrogen-bond acceptors (Lipinski definition) is 4. The van der Waals surface area contributed by atoms with Crippen LogP contribution in [-0.2, 0) is 0 Å². The SMILES string of the molecule is CN(C)c1ccc(C=Cc2ccc3ccccc3n2)cc1.CN(C)c1ccc(C=Cc2ccc3ccccc3n2)cc1. The van der Waals surface area contributed by atoms with Gasteiger partial charge in [-0.05, 0) is 71.8 Å². The number of nitrogens with zero attached hydrogens (tertiary/aromatic N) is 4. The number of para-hydroxylation sites is 2. The molecule has 0 amide bonds. The van der Waals surface area contributed by atoms with Gasteiger partial charge in [0.25, 0.3) is 0 Å². The maximum atomic E-state index is 4.64. The lowest BCUT2D eigenvalue weighted by molar-refractivity contribution is 1.13. The molecule has 208 valence electrons. The summed E-state index contributed by atoms with van der Waals surface area (Å²) in [5, 5.41) is 2.34. The summed E-state index contributed by atoms with van der Waals surface area (Å²) < 4.78 is 0. The third-order valence-electron chi connectivity index (χ3n) is 6.95. The lowest BCUT2D eigenvalue weighted by Crippen LogP contribution is -2.07. The number of anilines is 2. The van der Waals surface area contributed by atoms with E-state index < -0.39 is 0 Å². The smallest absolute Gasteiger partial charge is 0.0709 e. The summed E-state index contributed by atoms with van der Waals surface area (Å²) in [6.45, 7) is 0. The normalized spacial score (nSPS) is 11.1. The van der Waals surface area contributed by atoms with Crippen LogP contribution in [-0.4, -0.2) is 38.2 Å². The molecule has 0 aliphatic heterocycles. The Morgan fingerprint density at radius 2 is 0.786 bits per heavy atom. The van der Waals surface area contributed by atoms with E-state index in [1.54, 1.807) is 0 Å². The zero-order valence-corrected chi connectivity index (χ0v) is 24.6. The summed E-state index contributed by atoms with van der Waals surface area (Å²) >= 11 is 0. The minimum Gasteiger partial charge on any atom is -0.378 e. The van der Waals surface area contributed by atoms with Crippen molar-refractivity contribution in [3.05, 3.63) is 144 Å². The molecule has 0 aliphatic rings. The summed E-state index contributed by atoms with van der Waals surface area (Å²) in [6, 6.07) is 41.6. The van der Waals surface area contributed by atoms with Gasteiger partial charge in [0.2, 0.25) is 0 Å². The number of fused-ring (bicyclic) bond motifs is 2. The van der Waals surface area contributed by atoms with E-state index in [1.807, 2.05) is 76.7 Å². The van der Waals surface area contributed by atoms with Gasteiger partial charge in [0.15, 0.2) is 0 Å². The number of benzene rings is 4. The summed E-state index contributed by atoms with van der Waals surface area (Å²) in [5.74, 6) is 0. The third kappa shape index (κ3) is 7.49. The Labute approximate surface area is 248 Å². The van der Waals surface area contributed by atoms with Crippen LogP contribution in [0.1, 0.15) is 22.5 Å². The number of rotatable bonds is 6. The van der Waals surface area contributed by atoms with Crippen molar-refractivity contribution in [2.24, 2.45) is 0 Å². The quantitative estimate of drug-likeness (QED) is 0.208. The van der Waals surface area contributed by atoms with Crippen LogP contribution in [0.4, 0.5) is 11.4 Å². The molecule has 42 heavy (non-hydrogen) atoms. The van der Waals surface area contributed by atoms with Gasteiger partial charge in [-0.25, -0.2) is 9.97 Å². The van der Waals surface area contributed by atoms with Gasteiger partial charge in [-0.1, -0.05) is 84.9 Å². The van der Waals surface area contributed by atoms with Crippen LogP contribution in [0.2, 0.25) is 0 Å². The van der Waals surface area contributed by atoms with Gasteiger partial charge < -0.3 is 9.80 Å². The molecule has 4 nitrogen and oxygen atoms in total. The molecule has 2 heterocycles. The maximum Gasteiger partial charge on any atom is 0.0709 e. The molecule has 0 atom stereocenters. The Hall–Kier alpha value is -5.22. The zero-order valence-electron chi connectivity index (χ0n) is 24.6. The van der Waals surface area contributed by atoms with E-state index in [0.717, 1.165) is 22.4 Å². The molecule has 0 fully saturated rings. The fourth-order valence-electron chi connectivity index (χ4n) is 4.48. The predicted molar refractivity (Wildman–Crippen MR) is 183 cm³/mol. The van der Waals surface area contributed by atoms with Crippen molar-refractivity contribution < 1.29 is 0 Å². The van der Waals surface area contributed by atoms with Crippen LogP contribution in [0.15, 0.2) is 121 Å². The van der Waals surface area contributed by atoms with Gasteiger partial charge in [0.05, 0.1) is 22.4 Å². The van der Waals surface area contributed by atoms with E-state index in [-0.39, 0.29) is 0 Å². The number of hydrogen-bond donors (Lipinski definition) is 0. The number of aromatic nitrogens is 2. The molecule has 4 aromatic carbocycles. The lowest BCUT2D eigenvalue weighted by atomic mass is 10.1. The summed E-state index contributed by atoms with van der Waals surface area (Å²) in [6.07, 6.45) is 8.29. The van der Waals surface area contributed by atoms with E-state index in [2.05, 4.69) is 117 Å². The maximum absolute atomic E-state index is 4.64. The van der Waals surface area contributed by atoms with Crippen molar-refractivity contribution in [1.82, 2.24) is 9.97 Å². The minimum absolute atomic E-state index is 0.977. The summed E-state index contributed by atoms with van der Waals surface area (Å²) in [4.78, 5) is 13.5. The van der Waals surface area contributed by atoms with Crippen LogP contribution in [0.25, 0.3) is 46.1 Å². The van der Waals surface area contributed by atoms with E-state index in [9.17, 15) is 0 Å². The molecule has 0 N–H and O–H groups in total. The lowest BCUT2D eigenvalue weighted by Gasteiger charge is -2.11. The third-order valence-corrected chi connectivity index (χ3v) is 6.95. The summed E-state index contributed by atoms with van der Waals surface area (Å²) in [5.41, 5.74) is 8.78. The molecule has 0 saturated heterocycles. The van der Waals surface area contributed by atoms with Crippen LogP contribution in [0.3, 0.4) is 0 Å². The molecule has 0 saturated carbocycles. The molecule has 0 bridgehead atoms. The van der Waals surface area contributed by atoms with Crippen molar-refractivity contribution in [3.8, 4) is 0 Å². The minimum atomic E-state index is 0.977. The zero-order chi connectivity index (χ0) is 29.3. The second kappa shape index (κ2) is 13.4. The van der Waals surface area contributed by atoms with Crippen molar-refractivity contribution in [3.63, 3.8) is 0 Å². The van der Waals surface area contributed by atoms with Crippen molar-refractivity contribution in [2.75, 3.05) is 38.0 Å². The van der Waals surface area contributed by atoms with Crippen molar-refractivity contribution in [1.29, 1.82) is 0 Å². The Morgan fingerprint density at radius 3 is 1.17 bits per heavy atom. The van der Waals surface area contributed by atoms with Gasteiger partial charge in [-0.15, -0.1) is 0 Å². The molecule has 6 rings (SSSR count). The molecule has 0 aliphatic carbocycles. The highest BCUT2D eigenvalue weighted by Crippen LogP contribution is 2.18. The first-order chi connectivity index (χ1) is 20.4. The second-order valence-electron chi connectivity index (χ2n) is 10.5. The van der Waals surface area contributed by atoms with E-state index in [0.29, 0.717) is 0 Å². The molecular weight excluding hydrogens is 512 g/mol. The van der Waals surface area contributed by atoms with Crippen molar-refractivity contribution in [2.45, 2.75) is 0 Å². The van der Waals surface area contributed by atoms with E-state index in [1.165, 1.54) is 33.3 Å². The Bertz CT molecular complexity index is 1680. The van der Waals surface area contributed by atoms with Crippen LogP contribution in [0, 0.1) is 0 Å². The van der Waals surface area contributed by atoms with Crippen LogP contribution >= 0.6 is 0 Å². The fourth-order valence-corrected chi connectivity index (χ4v) is 4.48. The predicted octanol–water partition coefficient (Wildman–Crippen LogP) is 8.94. The first kappa shape index (κ1) is 28.3. The van der Waals surface area contributed by atoms with Crippen molar-refractivity contribution >= 4 is 57.5 Å².